The summed E-state index contributed by atoms with van der Waals surface area (Å²) in [5.41, 5.74) is 0.984. The number of ether oxygens (including phenoxy) is 1. The Kier molecular flexibility index (Phi) is 1.26. The van der Waals surface area contributed by atoms with E-state index in [1.807, 2.05) is 0 Å². The molecule has 1 atom stereocenters. The van der Waals surface area contributed by atoms with E-state index in [0.717, 1.165) is 0 Å². The maximum absolute atomic E-state index is 11.1. The number of benzene rings is 1. The van der Waals surface area contributed by atoms with Crippen molar-refractivity contribution in [3.8, 4) is 0 Å². The van der Waals surface area contributed by atoms with E-state index >= 15 is 0 Å². The minimum atomic E-state index is -1.45. The van der Waals surface area contributed by atoms with Gasteiger partial charge in [0.25, 0.3) is 0 Å². The van der Waals surface area contributed by atoms with Crippen molar-refractivity contribution in [3.63, 3.8) is 0 Å². The molecule has 1 aromatic carbocycles. The molecule has 62 valence electrons. The zero-order valence-electron chi connectivity index (χ0n) is 6.57. The number of hydrogen-bond acceptors (Lipinski definition) is 3. The van der Waals surface area contributed by atoms with Crippen LogP contribution in [-0.4, -0.2) is 11.1 Å². The third-order valence-electron chi connectivity index (χ3n) is 1.94. The molecule has 1 heterocycles. The van der Waals surface area contributed by atoms with Gasteiger partial charge in [0.05, 0.1) is 5.56 Å². The summed E-state index contributed by atoms with van der Waals surface area (Å²) in [5, 5.41) is 9.57. The molecule has 0 spiro atoms. The van der Waals surface area contributed by atoms with Gasteiger partial charge >= 0.3 is 5.97 Å². The van der Waals surface area contributed by atoms with E-state index in [-0.39, 0.29) is 0 Å². The van der Waals surface area contributed by atoms with Crippen molar-refractivity contribution in [1.82, 2.24) is 0 Å². The smallest absolute Gasteiger partial charge is 0.341 e. The van der Waals surface area contributed by atoms with Gasteiger partial charge in [-0.25, -0.2) is 4.79 Å². The van der Waals surface area contributed by atoms with Gasteiger partial charge < -0.3 is 9.84 Å². The average molecular weight is 164 g/mol. The molecule has 2 rings (SSSR count). The number of hydrogen-bond donors (Lipinski definition) is 1. The molecule has 0 amide bonds. The quantitative estimate of drug-likeness (QED) is 0.582. The number of fused-ring (bicyclic) bond motifs is 1. The summed E-state index contributed by atoms with van der Waals surface area (Å²) < 4.78 is 4.74. The van der Waals surface area contributed by atoms with Crippen molar-refractivity contribution >= 4 is 5.97 Å². The Morgan fingerprint density at radius 2 is 2.08 bits per heavy atom. The number of carbonyl (C=O) groups excluding carboxylic acids is 1. The van der Waals surface area contributed by atoms with E-state index < -0.39 is 11.8 Å². The van der Waals surface area contributed by atoms with Gasteiger partial charge in [-0.3, -0.25) is 0 Å². The second kappa shape index (κ2) is 2.08. The first-order valence-electron chi connectivity index (χ1n) is 3.66. The van der Waals surface area contributed by atoms with Crippen molar-refractivity contribution in [1.29, 1.82) is 0 Å². The van der Waals surface area contributed by atoms with Gasteiger partial charge in [-0.2, -0.15) is 0 Å². The summed E-state index contributed by atoms with van der Waals surface area (Å²) in [6.07, 6.45) is 0. The molecule has 3 nitrogen and oxygen atoms in total. The van der Waals surface area contributed by atoms with Crippen molar-refractivity contribution in [2.45, 2.75) is 12.7 Å². The normalized spacial score (nSPS) is 26.7. The Bertz CT molecular complexity index is 341. The average Bonchev–Trinajstić information content (AvgIpc) is 2.25. The van der Waals surface area contributed by atoms with Crippen LogP contribution in [0.2, 0.25) is 0 Å². The van der Waals surface area contributed by atoms with Crippen LogP contribution in [0.25, 0.3) is 0 Å². The third-order valence-corrected chi connectivity index (χ3v) is 1.94. The van der Waals surface area contributed by atoms with Crippen LogP contribution in [0.1, 0.15) is 22.8 Å². The van der Waals surface area contributed by atoms with Crippen LogP contribution in [0.15, 0.2) is 24.3 Å². The summed E-state index contributed by atoms with van der Waals surface area (Å²) >= 11 is 0. The maximum Gasteiger partial charge on any atom is 0.341 e. The zero-order chi connectivity index (χ0) is 8.77. The molecule has 0 bridgehead atoms. The van der Waals surface area contributed by atoms with Gasteiger partial charge in [-0.1, -0.05) is 18.2 Å². The summed E-state index contributed by atoms with van der Waals surface area (Å²) in [7, 11) is 0. The molecule has 12 heavy (non-hydrogen) atoms. The fourth-order valence-electron chi connectivity index (χ4n) is 1.36. The minimum Gasteiger partial charge on any atom is -0.425 e. The number of esters is 1. The summed E-state index contributed by atoms with van der Waals surface area (Å²) in [6.45, 7) is 1.46. The lowest BCUT2D eigenvalue weighted by Crippen LogP contribution is -2.20. The van der Waals surface area contributed by atoms with E-state index in [9.17, 15) is 9.90 Å². The van der Waals surface area contributed by atoms with Crippen LogP contribution in [0, 0.1) is 0 Å². The molecular weight excluding hydrogens is 156 g/mol. The Balaban J connectivity index is 2.66. The largest absolute Gasteiger partial charge is 0.425 e. The highest BCUT2D eigenvalue weighted by molar-refractivity contribution is 5.94. The second-order valence-corrected chi connectivity index (χ2v) is 2.92. The number of cyclic esters (lactones) is 1. The van der Waals surface area contributed by atoms with Crippen LogP contribution in [0.3, 0.4) is 0 Å². The Hall–Kier alpha value is -1.35. The highest BCUT2D eigenvalue weighted by Gasteiger charge is 2.39. The second-order valence-electron chi connectivity index (χ2n) is 2.92. The van der Waals surface area contributed by atoms with E-state index in [4.69, 9.17) is 4.74 Å². The number of aliphatic hydroxyl groups is 1. The predicted molar refractivity (Wildman–Crippen MR) is 41.4 cm³/mol. The van der Waals surface area contributed by atoms with Gasteiger partial charge in [0.15, 0.2) is 0 Å². The fraction of sp³-hybridized carbons (Fsp3) is 0.222. The lowest BCUT2D eigenvalue weighted by Gasteiger charge is -2.15. The van der Waals surface area contributed by atoms with E-state index in [1.165, 1.54) is 6.92 Å². The first-order valence-corrected chi connectivity index (χ1v) is 3.66. The van der Waals surface area contributed by atoms with Crippen molar-refractivity contribution in [3.05, 3.63) is 35.4 Å². The Morgan fingerprint density at radius 1 is 1.42 bits per heavy atom. The highest BCUT2D eigenvalue weighted by Crippen LogP contribution is 2.33. The lowest BCUT2D eigenvalue weighted by molar-refractivity contribution is -0.147. The van der Waals surface area contributed by atoms with Gasteiger partial charge in [0.1, 0.15) is 0 Å². The third kappa shape index (κ3) is 0.833. The predicted octanol–water partition coefficient (Wildman–Crippen LogP) is 1.02. The van der Waals surface area contributed by atoms with Crippen LogP contribution >= 0.6 is 0 Å². The Labute approximate surface area is 69.6 Å². The molecule has 0 radical (unpaired) electrons. The summed E-state index contributed by atoms with van der Waals surface area (Å²) in [6, 6.07) is 6.82. The van der Waals surface area contributed by atoms with E-state index in [1.54, 1.807) is 24.3 Å². The zero-order valence-corrected chi connectivity index (χ0v) is 6.57. The molecule has 3 heteroatoms. The maximum atomic E-state index is 11.1. The molecule has 0 saturated heterocycles. The number of carbonyl (C=O) groups is 1. The van der Waals surface area contributed by atoms with Crippen LogP contribution in [0.5, 0.6) is 0 Å². The lowest BCUT2D eigenvalue weighted by atomic mass is 10.0. The first-order chi connectivity index (χ1) is 5.61. The SMILES string of the molecule is CC1(O)OC(=O)c2ccccc21. The van der Waals surface area contributed by atoms with E-state index in [2.05, 4.69) is 0 Å². The molecule has 1 aliphatic rings. The Morgan fingerprint density at radius 3 is 2.75 bits per heavy atom. The topological polar surface area (TPSA) is 46.5 Å². The van der Waals surface area contributed by atoms with Gasteiger partial charge in [0.2, 0.25) is 5.79 Å². The minimum absolute atomic E-state index is 0.447. The van der Waals surface area contributed by atoms with Crippen molar-refractivity contribution in [2.75, 3.05) is 0 Å². The van der Waals surface area contributed by atoms with E-state index in [0.29, 0.717) is 11.1 Å². The van der Waals surface area contributed by atoms with Crippen LogP contribution in [0.4, 0.5) is 0 Å². The molecular formula is C9H8O3. The van der Waals surface area contributed by atoms with Crippen molar-refractivity contribution < 1.29 is 14.6 Å². The summed E-state index contributed by atoms with van der Waals surface area (Å²) in [4.78, 5) is 11.1. The van der Waals surface area contributed by atoms with Crippen LogP contribution < -0.4 is 0 Å². The van der Waals surface area contributed by atoms with Gasteiger partial charge in [-0.05, 0) is 6.07 Å². The molecule has 0 aliphatic carbocycles. The molecule has 1 unspecified atom stereocenters. The van der Waals surface area contributed by atoms with Crippen LogP contribution in [-0.2, 0) is 10.5 Å². The molecule has 0 saturated carbocycles. The monoisotopic (exact) mass is 164 g/mol. The molecule has 1 aromatic rings. The molecule has 1 aliphatic heterocycles. The highest BCUT2D eigenvalue weighted by atomic mass is 16.7. The van der Waals surface area contributed by atoms with Crippen molar-refractivity contribution in [2.24, 2.45) is 0 Å². The fourth-order valence-corrected chi connectivity index (χ4v) is 1.36. The number of rotatable bonds is 0. The molecule has 0 fully saturated rings. The molecule has 1 N–H and O–H groups in total. The first kappa shape index (κ1) is 7.31. The van der Waals surface area contributed by atoms with Gasteiger partial charge in [-0.15, -0.1) is 0 Å². The standard InChI is InChI=1S/C9H8O3/c1-9(11)7-5-3-2-4-6(7)8(10)12-9/h2-5,11H,1H3. The summed E-state index contributed by atoms with van der Waals surface area (Å²) in [5.74, 6) is -1.91. The molecule has 0 aromatic heterocycles. The van der Waals surface area contributed by atoms with Gasteiger partial charge in [0, 0.05) is 12.5 Å².